The second kappa shape index (κ2) is 6.58. The number of ether oxygens (including phenoxy) is 2. The molecule has 1 aromatic carbocycles. The second-order valence-corrected chi connectivity index (χ2v) is 4.95. The zero-order chi connectivity index (χ0) is 15.4. The standard InChI is InChI=1S/C15H18N2O3S/c1-4-7-17-14(18)11(16-15(17)21)8-10-5-6-12(19-2)13(9-10)20-3/h5-6,8-9H,4,7H2,1-3H3,(H,16,21). The molecule has 0 aromatic heterocycles. The Hall–Kier alpha value is -2.08. The minimum Gasteiger partial charge on any atom is -0.493 e. The van der Waals surface area contributed by atoms with Crippen molar-refractivity contribution < 1.29 is 14.3 Å². The molecule has 1 N–H and O–H groups in total. The number of carbonyl (C=O) groups is 1. The molecule has 0 atom stereocenters. The summed E-state index contributed by atoms with van der Waals surface area (Å²) in [6.07, 6.45) is 2.61. The molecule has 0 bridgehead atoms. The molecule has 1 saturated heterocycles. The summed E-state index contributed by atoms with van der Waals surface area (Å²) in [5.41, 5.74) is 1.31. The summed E-state index contributed by atoms with van der Waals surface area (Å²) < 4.78 is 10.4. The van der Waals surface area contributed by atoms with Crippen molar-refractivity contribution >= 4 is 29.3 Å². The van der Waals surface area contributed by atoms with E-state index in [9.17, 15) is 4.79 Å². The Bertz CT molecular complexity index is 599. The molecule has 0 saturated carbocycles. The zero-order valence-corrected chi connectivity index (χ0v) is 13.1. The lowest BCUT2D eigenvalue weighted by Gasteiger charge is -2.11. The first-order chi connectivity index (χ1) is 10.1. The third-order valence-electron chi connectivity index (χ3n) is 3.13. The van der Waals surface area contributed by atoms with Gasteiger partial charge in [0.25, 0.3) is 5.91 Å². The predicted molar refractivity (Wildman–Crippen MR) is 85.3 cm³/mol. The van der Waals surface area contributed by atoms with Crippen molar-refractivity contribution in [1.29, 1.82) is 0 Å². The highest BCUT2D eigenvalue weighted by molar-refractivity contribution is 7.80. The van der Waals surface area contributed by atoms with Crippen LogP contribution < -0.4 is 14.8 Å². The Labute approximate surface area is 129 Å². The van der Waals surface area contributed by atoms with Gasteiger partial charge < -0.3 is 14.8 Å². The number of carbonyl (C=O) groups excluding carboxylic acids is 1. The quantitative estimate of drug-likeness (QED) is 0.667. The van der Waals surface area contributed by atoms with Crippen molar-refractivity contribution in [2.75, 3.05) is 20.8 Å². The number of thiocarbonyl (C=S) groups is 1. The summed E-state index contributed by atoms with van der Waals surface area (Å²) in [6, 6.07) is 5.47. The van der Waals surface area contributed by atoms with Gasteiger partial charge in [0, 0.05) is 6.54 Å². The van der Waals surface area contributed by atoms with Crippen molar-refractivity contribution in [2.45, 2.75) is 13.3 Å². The van der Waals surface area contributed by atoms with Crippen LogP contribution in [0, 0.1) is 0 Å². The molecule has 112 valence electrons. The van der Waals surface area contributed by atoms with E-state index in [1.807, 2.05) is 19.1 Å². The number of nitrogens with zero attached hydrogens (tertiary/aromatic N) is 1. The van der Waals surface area contributed by atoms with Gasteiger partial charge in [0.2, 0.25) is 0 Å². The maximum Gasteiger partial charge on any atom is 0.276 e. The third kappa shape index (κ3) is 3.16. The summed E-state index contributed by atoms with van der Waals surface area (Å²) in [4.78, 5) is 13.8. The van der Waals surface area contributed by atoms with Gasteiger partial charge in [-0.25, -0.2) is 0 Å². The number of amides is 1. The smallest absolute Gasteiger partial charge is 0.276 e. The summed E-state index contributed by atoms with van der Waals surface area (Å²) >= 11 is 5.17. The van der Waals surface area contributed by atoms with Crippen LogP contribution in [-0.4, -0.2) is 36.7 Å². The topological polar surface area (TPSA) is 50.8 Å². The number of benzene rings is 1. The van der Waals surface area contributed by atoms with Crippen LogP contribution in [-0.2, 0) is 4.79 Å². The third-order valence-corrected chi connectivity index (χ3v) is 3.45. The van der Waals surface area contributed by atoms with Gasteiger partial charge in [-0.05, 0) is 42.4 Å². The van der Waals surface area contributed by atoms with E-state index in [4.69, 9.17) is 21.7 Å². The summed E-state index contributed by atoms with van der Waals surface area (Å²) in [5, 5.41) is 3.40. The number of hydrogen-bond donors (Lipinski definition) is 1. The first-order valence-corrected chi connectivity index (χ1v) is 7.08. The highest BCUT2D eigenvalue weighted by Gasteiger charge is 2.29. The molecule has 6 heteroatoms. The highest BCUT2D eigenvalue weighted by Crippen LogP contribution is 2.28. The van der Waals surface area contributed by atoms with E-state index in [2.05, 4.69) is 5.32 Å². The molecule has 1 amide bonds. The lowest BCUT2D eigenvalue weighted by molar-refractivity contribution is -0.122. The fourth-order valence-electron chi connectivity index (χ4n) is 2.11. The number of nitrogens with one attached hydrogen (secondary N) is 1. The van der Waals surface area contributed by atoms with Gasteiger partial charge in [-0.3, -0.25) is 9.69 Å². The average molecular weight is 306 g/mol. The summed E-state index contributed by atoms with van der Waals surface area (Å²) in [5.74, 6) is 1.16. The minimum absolute atomic E-state index is 0.100. The highest BCUT2D eigenvalue weighted by atomic mass is 32.1. The molecule has 1 aromatic rings. The van der Waals surface area contributed by atoms with Gasteiger partial charge in [0.1, 0.15) is 5.70 Å². The van der Waals surface area contributed by atoms with Crippen molar-refractivity contribution in [3.05, 3.63) is 29.5 Å². The Morgan fingerprint density at radius 2 is 2.00 bits per heavy atom. The zero-order valence-electron chi connectivity index (χ0n) is 12.3. The average Bonchev–Trinajstić information content (AvgIpc) is 2.75. The van der Waals surface area contributed by atoms with Crippen molar-refractivity contribution in [2.24, 2.45) is 0 Å². The molecule has 21 heavy (non-hydrogen) atoms. The molecule has 0 radical (unpaired) electrons. The van der Waals surface area contributed by atoms with Crippen molar-refractivity contribution in [3.63, 3.8) is 0 Å². The Morgan fingerprint density at radius 1 is 1.29 bits per heavy atom. The van der Waals surface area contributed by atoms with Crippen LogP contribution in [0.4, 0.5) is 0 Å². The van der Waals surface area contributed by atoms with Gasteiger partial charge in [-0.1, -0.05) is 13.0 Å². The van der Waals surface area contributed by atoms with Crippen molar-refractivity contribution in [3.8, 4) is 11.5 Å². The van der Waals surface area contributed by atoms with Crippen LogP contribution in [0.3, 0.4) is 0 Å². The molecule has 2 rings (SSSR count). The molecule has 1 aliphatic heterocycles. The van der Waals surface area contributed by atoms with Crippen LogP contribution in [0.25, 0.3) is 6.08 Å². The first kappa shape index (κ1) is 15.3. The monoisotopic (exact) mass is 306 g/mol. The number of rotatable bonds is 5. The lowest BCUT2D eigenvalue weighted by Crippen LogP contribution is -2.31. The molecular weight excluding hydrogens is 288 g/mol. The maximum absolute atomic E-state index is 12.2. The first-order valence-electron chi connectivity index (χ1n) is 6.67. The van der Waals surface area contributed by atoms with Crippen LogP contribution in [0.5, 0.6) is 11.5 Å². The van der Waals surface area contributed by atoms with Crippen molar-refractivity contribution in [1.82, 2.24) is 10.2 Å². The summed E-state index contributed by atoms with van der Waals surface area (Å²) in [6.45, 7) is 2.62. The molecule has 0 aliphatic carbocycles. The molecule has 0 spiro atoms. The Balaban J connectivity index is 2.28. The Morgan fingerprint density at radius 3 is 2.62 bits per heavy atom. The van der Waals surface area contributed by atoms with E-state index in [1.54, 1.807) is 31.3 Å². The van der Waals surface area contributed by atoms with E-state index < -0.39 is 0 Å². The van der Waals surface area contributed by atoms with E-state index in [0.717, 1.165) is 12.0 Å². The summed E-state index contributed by atoms with van der Waals surface area (Å²) in [7, 11) is 3.16. The van der Waals surface area contributed by atoms with E-state index in [0.29, 0.717) is 28.9 Å². The molecule has 1 fully saturated rings. The minimum atomic E-state index is -0.100. The lowest BCUT2D eigenvalue weighted by atomic mass is 10.1. The van der Waals surface area contributed by atoms with Crippen LogP contribution in [0.15, 0.2) is 23.9 Å². The maximum atomic E-state index is 12.2. The molecule has 0 unspecified atom stereocenters. The molecule has 5 nitrogen and oxygen atoms in total. The molecule has 1 aliphatic rings. The Kier molecular flexibility index (Phi) is 4.80. The SMILES string of the molecule is CCCN1C(=O)C(=Cc2ccc(OC)c(OC)c2)NC1=S. The fraction of sp³-hybridized carbons (Fsp3) is 0.333. The van der Waals surface area contributed by atoms with Gasteiger partial charge in [0.15, 0.2) is 16.6 Å². The van der Waals surface area contributed by atoms with Crippen LogP contribution in [0.1, 0.15) is 18.9 Å². The van der Waals surface area contributed by atoms with Crippen LogP contribution in [0.2, 0.25) is 0 Å². The fourth-order valence-corrected chi connectivity index (χ4v) is 2.39. The predicted octanol–water partition coefficient (Wildman–Crippen LogP) is 2.17. The van der Waals surface area contributed by atoms with Crippen LogP contribution >= 0.6 is 12.2 Å². The van der Waals surface area contributed by atoms with Gasteiger partial charge in [-0.15, -0.1) is 0 Å². The number of hydrogen-bond acceptors (Lipinski definition) is 4. The van der Waals surface area contributed by atoms with E-state index in [-0.39, 0.29) is 5.91 Å². The van der Waals surface area contributed by atoms with E-state index >= 15 is 0 Å². The van der Waals surface area contributed by atoms with Gasteiger partial charge in [0.05, 0.1) is 14.2 Å². The molecule has 1 heterocycles. The number of methoxy groups -OCH3 is 2. The normalized spacial score (nSPS) is 16.3. The van der Waals surface area contributed by atoms with Gasteiger partial charge >= 0.3 is 0 Å². The second-order valence-electron chi connectivity index (χ2n) is 4.56. The van der Waals surface area contributed by atoms with E-state index in [1.165, 1.54) is 0 Å². The van der Waals surface area contributed by atoms with Gasteiger partial charge in [-0.2, -0.15) is 0 Å². The largest absolute Gasteiger partial charge is 0.493 e. The molecular formula is C15H18N2O3S.